The Morgan fingerprint density at radius 3 is 2.26 bits per heavy atom. The van der Waals surface area contributed by atoms with Crippen LogP contribution in [0.25, 0.3) is 0 Å². The molecule has 1 aliphatic heterocycles. The van der Waals surface area contributed by atoms with Gasteiger partial charge < -0.3 is 16.0 Å². The molecule has 7 nitrogen and oxygen atoms in total. The number of halogens is 1. The number of anilines is 3. The Morgan fingerprint density at radius 1 is 1.13 bits per heavy atom. The van der Waals surface area contributed by atoms with Gasteiger partial charge in [0.05, 0.1) is 11.9 Å². The minimum absolute atomic E-state index is 0.0176. The Bertz CT molecular complexity index is 779. The lowest BCUT2D eigenvalue weighted by molar-refractivity contribution is 0.102. The molecule has 0 aliphatic carbocycles. The van der Waals surface area contributed by atoms with Gasteiger partial charge in [0.1, 0.15) is 0 Å². The van der Waals surface area contributed by atoms with E-state index in [0.717, 1.165) is 31.5 Å². The van der Waals surface area contributed by atoms with Gasteiger partial charge in [-0.05, 0) is 37.8 Å². The van der Waals surface area contributed by atoms with Crippen molar-refractivity contribution in [3.05, 3.63) is 34.9 Å². The first kappa shape index (κ1) is 28.6. The minimum atomic E-state index is -0.455. The molecule has 0 aromatic carbocycles. The average Bonchev–Trinajstić information content (AvgIpc) is 2.80. The van der Waals surface area contributed by atoms with E-state index in [1.54, 1.807) is 18.5 Å². The Balaban J connectivity index is 0.00000116. The maximum atomic E-state index is 12.4. The molecule has 1 fully saturated rings. The topological polar surface area (TPSA) is 97.0 Å². The van der Waals surface area contributed by atoms with Gasteiger partial charge in [-0.2, -0.15) is 0 Å². The van der Waals surface area contributed by atoms with E-state index in [-0.39, 0.29) is 16.7 Å². The molecule has 0 radical (unpaired) electrons. The summed E-state index contributed by atoms with van der Waals surface area (Å²) in [7, 11) is 0. The molecule has 8 heteroatoms. The standard InChI is InChI=1S/C16H19ClN6O.C3H8.2C2H6/c1-10-5-6-19-9-11(10)20-16(24)12-14(18)22-15(13(17)21-12)23-7-3-2-4-8-23;1-3-2;2*1-2/h5-6,9H,2-4,7-8H2,1H3,(H2,18,22)(H,20,24);3H2,1-2H3;2*1-2H3. The highest BCUT2D eigenvalue weighted by atomic mass is 35.5. The Labute approximate surface area is 192 Å². The summed E-state index contributed by atoms with van der Waals surface area (Å²) < 4.78 is 0. The predicted octanol–water partition coefficient (Wildman–Crippen LogP) is 6.13. The molecule has 0 unspecified atom stereocenters. The fraction of sp³-hybridized carbons (Fsp3) is 0.565. The largest absolute Gasteiger partial charge is 0.382 e. The number of hydrogen-bond donors (Lipinski definition) is 2. The number of nitrogens with one attached hydrogen (secondary N) is 1. The maximum Gasteiger partial charge on any atom is 0.278 e. The third-order valence-corrected chi connectivity index (χ3v) is 4.27. The molecule has 2 aromatic rings. The van der Waals surface area contributed by atoms with Crippen LogP contribution in [-0.2, 0) is 0 Å². The third-order valence-electron chi connectivity index (χ3n) is 4.02. The lowest BCUT2D eigenvalue weighted by Crippen LogP contribution is -2.31. The Morgan fingerprint density at radius 2 is 1.71 bits per heavy atom. The highest BCUT2D eigenvalue weighted by Gasteiger charge is 2.22. The number of aromatic nitrogens is 3. The first-order chi connectivity index (χ1) is 15.0. The quantitative estimate of drug-likeness (QED) is 0.583. The number of pyridine rings is 1. The number of nitrogens with zero attached hydrogens (tertiary/aromatic N) is 4. The summed E-state index contributed by atoms with van der Waals surface area (Å²) in [5.41, 5.74) is 7.46. The van der Waals surface area contributed by atoms with Crippen molar-refractivity contribution in [1.82, 2.24) is 15.0 Å². The molecular formula is C23H39ClN6O. The second-order valence-corrected chi connectivity index (χ2v) is 6.83. The van der Waals surface area contributed by atoms with Crippen LogP contribution in [0, 0.1) is 6.92 Å². The van der Waals surface area contributed by atoms with Crippen molar-refractivity contribution in [2.45, 2.75) is 74.1 Å². The van der Waals surface area contributed by atoms with Crippen molar-refractivity contribution >= 4 is 34.8 Å². The second kappa shape index (κ2) is 16.3. The molecule has 174 valence electrons. The van der Waals surface area contributed by atoms with E-state index in [0.29, 0.717) is 11.5 Å². The number of carbonyl (C=O) groups excluding carboxylic acids is 1. The molecule has 3 N–H and O–H groups in total. The van der Waals surface area contributed by atoms with Gasteiger partial charge in [0.25, 0.3) is 5.91 Å². The molecule has 1 aliphatic rings. The molecule has 0 bridgehead atoms. The summed E-state index contributed by atoms with van der Waals surface area (Å²) in [5, 5.41) is 2.93. The molecule has 1 saturated heterocycles. The number of piperidine rings is 1. The molecule has 0 atom stereocenters. The van der Waals surface area contributed by atoms with E-state index >= 15 is 0 Å². The van der Waals surface area contributed by atoms with Crippen molar-refractivity contribution in [2.24, 2.45) is 0 Å². The van der Waals surface area contributed by atoms with Crippen LogP contribution in [0.3, 0.4) is 0 Å². The third kappa shape index (κ3) is 9.09. The minimum Gasteiger partial charge on any atom is -0.382 e. The van der Waals surface area contributed by atoms with E-state index in [2.05, 4.69) is 39.0 Å². The zero-order valence-corrected chi connectivity index (χ0v) is 20.9. The van der Waals surface area contributed by atoms with Crippen molar-refractivity contribution in [2.75, 3.05) is 29.0 Å². The normalized spacial score (nSPS) is 12.2. The van der Waals surface area contributed by atoms with Gasteiger partial charge in [-0.3, -0.25) is 9.78 Å². The maximum absolute atomic E-state index is 12.4. The molecule has 2 aromatic heterocycles. The summed E-state index contributed by atoms with van der Waals surface area (Å²) in [4.78, 5) is 27.0. The fourth-order valence-corrected chi connectivity index (χ4v) is 2.92. The summed E-state index contributed by atoms with van der Waals surface area (Å²) in [6.07, 6.45) is 7.84. The van der Waals surface area contributed by atoms with Gasteiger partial charge in [-0.15, -0.1) is 0 Å². The number of nitrogens with two attached hydrogens (primary N) is 1. The summed E-state index contributed by atoms with van der Waals surface area (Å²) in [6, 6.07) is 1.80. The molecule has 1 amide bonds. The highest BCUT2D eigenvalue weighted by molar-refractivity contribution is 6.32. The van der Waals surface area contributed by atoms with Crippen molar-refractivity contribution < 1.29 is 4.79 Å². The molecule has 3 heterocycles. The van der Waals surface area contributed by atoms with Gasteiger partial charge >= 0.3 is 0 Å². The van der Waals surface area contributed by atoms with Gasteiger partial charge in [0.2, 0.25) is 0 Å². The van der Waals surface area contributed by atoms with Crippen LogP contribution >= 0.6 is 11.6 Å². The second-order valence-electron chi connectivity index (χ2n) is 6.47. The summed E-state index contributed by atoms with van der Waals surface area (Å²) in [5.74, 6) is 0.158. The van der Waals surface area contributed by atoms with Crippen molar-refractivity contribution in [3.8, 4) is 0 Å². The van der Waals surface area contributed by atoms with Crippen LogP contribution in [0.1, 0.15) is 83.3 Å². The van der Waals surface area contributed by atoms with Crippen molar-refractivity contribution in [3.63, 3.8) is 0 Å². The van der Waals surface area contributed by atoms with Crippen LogP contribution < -0.4 is 16.0 Å². The first-order valence-corrected chi connectivity index (χ1v) is 11.7. The smallest absolute Gasteiger partial charge is 0.278 e. The van der Waals surface area contributed by atoms with Crippen LogP contribution in [0.4, 0.5) is 17.3 Å². The number of amides is 1. The van der Waals surface area contributed by atoms with Crippen LogP contribution in [0.5, 0.6) is 0 Å². The van der Waals surface area contributed by atoms with Crippen molar-refractivity contribution in [1.29, 1.82) is 0 Å². The first-order valence-electron chi connectivity index (χ1n) is 11.3. The highest BCUT2D eigenvalue weighted by Crippen LogP contribution is 2.27. The number of rotatable bonds is 3. The lowest BCUT2D eigenvalue weighted by atomic mass is 10.1. The molecule has 3 rings (SSSR count). The number of carbonyl (C=O) groups is 1. The monoisotopic (exact) mass is 450 g/mol. The molecule has 0 saturated carbocycles. The molecule has 31 heavy (non-hydrogen) atoms. The van der Waals surface area contributed by atoms with E-state index in [9.17, 15) is 4.79 Å². The number of aryl methyl sites for hydroxylation is 1. The summed E-state index contributed by atoms with van der Waals surface area (Å²) in [6.45, 7) is 15.9. The SMILES string of the molecule is CC.CC.CCC.Cc1ccncc1NC(=O)c1nc(Cl)c(N2CCCCC2)nc1N. The fourth-order valence-electron chi connectivity index (χ4n) is 2.67. The van der Waals surface area contributed by atoms with Gasteiger partial charge in [-0.1, -0.05) is 59.6 Å². The average molecular weight is 451 g/mol. The predicted molar refractivity (Wildman–Crippen MR) is 133 cm³/mol. The van der Waals surface area contributed by atoms with E-state index in [4.69, 9.17) is 17.3 Å². The Hall–Kier alpha value is -2.41. The summed E-state index contributed by atoms with van der Waals surface area (Å²) >= 11 is 6.25. The van der Waals surface area contributed by atoms with E-state index in [1.165, 1.54) is 12.8 Å². The van der Waals surface area contributed by atoms with Gasteiger partial charge in [0, 0.05) is 19.3 Å². The molecular weight excluding hydrogens is 412 g/mol. The Kier molecular flexibility index (Phi) is 15.0. The molecule has 0 spiro atoms. The van der Waals surface area contributed by atoms with Gasteiger partial charge in [-0.25, -0.2) is 9.97 Å². The zero-order chi connectivity index (χ0) is 23.8. The van der Waals surface area contributed by atoms with Gasteiger partial charge in [0.15, 0.2) is 22.5 Å². The number of nitrogen functional groups attached to an aromatic ring is 1. The van der Waals surface area contributed by atoms with E-state index in [1.807, 2.05) is 34.6 Å². The lowest BCUT2D eigenvalue weighted by Gasteiger charge is -2.28. The van der Waals surface area contributed by atoms with Crippen LogP contribution in [0.15, 0.2) is 18.5 Å². The van der Waals surface area contributed by atoms with Crippen LogP contribution in [-0.4, -0.2) is 33.9 Å². The van der Waals surface area contributed by atoms with E-state index < -0.39 is 5.91 Å². The zero-order valence-electron chi connectivity index (χ0n) is 20.1. The number of hydrogen-bond acceptors (Lipinski definition) is 6. The van der Waals surface area contributed by atoms with Crippen LogP contribution in [0.2, 0.25) is 5.15 Å².